The Morgan fingerprint density at radius 2 is 0.804 bits per heavy atom. The van der Waals surface area contributed by atoms with Crippen LogP contribution in [0.15, 0.2) is 258 Å². The van der Waals surface area contributed by atoms with E-state index in [0.717, 1.165) is 82.8 Å². The number of nitrogens with zero attached hydrogens (tertiary/aromatic N) is 14. The molecule has 0 bridgehead atoms. The Kier molecular flexibility index (Phi) is 22.4. The van der Waals surface area contributed by atoms with Crippen LogP contribution in [0.3, 0.4) is 0 Å². The number of hydrogen-bond donors (Lipinski definition) is 0. The lowest BCUT2D eigenvalue weighted by molar-refractivity contribution is -0.127. The smallest absolute Gasteiger partial charge is 0.334 e. The number of imidazole rings is 3. The maximum atomic E-state index is 14.4. The topological polar surface area (TPSA) is 224 Å². The lowest BCUT2D eigenvalue weighted by Gasteiger charge is -2.32. The summed E-state index contributed by atoms with van der Waals surface area (Å²) >= 11 is 0. The predicted octanol–water partition coefficient (Wildman–Crippen LogP) is 13.3. The average Bonchev–Trinajstić information content (AvgIpc) is 1.61. The van der Waals surface area contributed by atoms with Gasteiger partial charge in [-0.1, -0.05) is 61.2 Å². The third kappa shape index (κ3) is 16.4. The minimum absolute atomic E-state index is 0.00385. The molecule has 25 heteroatoms. The monoisotopic (exact) mass is 1510 g/mol. The molecule has 2 saturated carbocycles. The van der Waals surface area contributed by atoms with E-state index in [2.05, 4.69) is 45.4 Å². The van der Waals surface area contributed by atoms with Gasteiger partial charge in [0.25, 0.3) is 0 Å². The molecule has 112 heavy (non-hydrogen) atoms. The first-order chi connectivity index (χ1) is 54.7. The highest BCUT2D eigenvalue weighted by Gasteiger charge is 2.34. The number of rotatable bonds is 22. The number of ether oxygens (including phenoxy) is 4. The molecule has 0 radical (unpaired) electrons. The van der Waals surface area contributed by atoms with Crippen molar-refractivity contribution in [1.82, 2.24) is 66.9 Å². The molecular formula is C87H87FN14O10. The number of methoxy groups -OCH3 is 1. The number of likely N-dealkylation sites (tertiary alicyclic amines) is 3. The number of benzene rings is 6. The SMILES string of the molecule is C=CC(=O)N1CC[C@@H](n2c(=O)n(-c3ccc(Oc4cccc(OC)c4F)cc3)c3cnccc32)C1.CN(C/C=C/C(=O)N1CCC[C@@H](n2c(=O)n(-c3ccc(Oc4ccccc4)cc3)c3cnccc32)C1)C1CC1.CN(C/C=C/C(=O)N1CC[C@@H](n2c(=O)n(-c3ccc(Oc4ccccc4)cc3)c3cnccc32)C1)C1CC1. The van der Waals surface area contributed by atoms with Crippen LogP contribution in [-0.2, 0) is 14.4 Å². The number of para-hydroxylation sites is 2. The van der Waals surface area contributed by atoms with Crippen LogP contribution < -0.4 is 36.0 Å². The molecule has 12 aromatic rings. The number of aromatic nitrogens is 9. The van der Waals surface area contributed by atoms with Gasteiger partial charge >= 0.3 is 17.1 Å². The second-order valence-corrected chi connectivity index (χ2v) is 28.6. The Morgan fingerprint density at radius 1 is 0.438 bits per heavy atom. The molecule has 17 rings (SSSR count). The molecule has 3 amide bonds. The first-order valence-electron chi connectivity index (χ1n) is 37.9. The zero-order valence-corrected chi connectivity index (χ0v) is 62.6. The summed E-state index contributed by atoms with van der Waals surface area (Å²) in [6, 6.07) is 52.1. The standard InChI is InChI=1S/C31H33N5O3.C30H31N5O3.C26H23FN4O4/c1-33(23-11-12-23)19-6-10-30(37)34-20-5-7-25(22-34)36-28-17-18-32-21-29(28)35(31(36)38)24-13-15-27(16-14-24)39-26-8-3-2-4-9-26;1-32(22-9-10-22)18-5-8-29(36)33-19-16-24(21-33)35-27-15-17-31-20-28(27)34(30(35)37)23-11-13-26(14-12-23)38-25-6-3-2-4-7-25;1-3-24(32)29-14-12-18(16-29)31-20-11-13-28-15-21(20)30(26(31)33)17-7-9-19(10-8-17)35-23-6-4-5-22(34-2)25(23)27/h2-4,6,8-10,13-18,21,23,25H,5,7,11-12,19-20,22H2,1H3;2-8,11-15,17,20,22,24H,9-10,16,18-19,21H2,1H3;3-11,13,15,18H,1,12,14,16H2,2H3/b10-6+;8-5+;/t25-;24-;18-/m111/s1. The molecule has 2 aliphatic carbocycles. The molecule has 6 aromatic carbocycles. The second-order valence-electron chi connectivity index (χ2n) is 28.6. The molecule has 0 N–H and O–H groups in total. The van der Waals surface area contributed by atoms with Crippen molar-refractivity contribution in [1.29, 1.82) is 0 Å². The molecule has 5 fully saturated rings. The predicted molar refractivity (Wildman–Crippen MR) is 427 cm³/mol. The first kappa shape index (κ1) is 74.7. The lowest BCUT2D eigenvalue weighted by Crippen LogP contribution is -2.42. The summed E-state index contributed by atoms with van der Waals surface area (Å²) < 4.78 is 47.3. The van der Waals surface area contributed by atoms with E-state index < -0.39 is 5.82 Å². The summed E-state index contributed by atoms with van der Waals surface area (Å²) in [4.78, 5) is 102. The van der Waals surface area contributed by atoms with Gasteiger partial charge in [-0.15, -0.1) is 0 Å². The highest BCUT2D eigenvalue weighted by atomic mass is 19.1. The molecule has 9 heterocycles. The number of halogens is 1. The van der Waals surface area contributed by atoms with E-state index in [-0.39, 0.29) is 64.4 Å². The van der Waals surface area contributed by atoms with Crippen LogP contribution in [0.1, 0.15) is 69.5 Å². The minimum atomic E-state index is -0.593. The van der Waals surface area contributed by atoms with Gasteiger partial charge in [0.2, 0.25) is 23.5 Å². The second kappa shape index (κ2) is 33.6. The molecule has 0 unspecified atom stereocenters. The fourth-order valence-corrected chi connectivity index (χ4v) is 15.1. The number of amides is 3. The van der Waals surface area contributed by atoms with Crippen molar-refractivity contribution in [3.63, 3.8) is 0 Å². The van der Waals surface area contributed by atoms with Crippen molar-refractivity contribution in [2.45, 2.75) is 81.6 Å². The van der Waals surface area contributed by atoms with E-state index in [4.69, 9.17) is 18.9 Å². The van der Waals surface area contributed by atoms with E-state index in [1.807, 2.05) is 152 Å². The van der Waals surface area contributed by atoms with Crippen molar-refractivity contribution >= 4 is 50.8 Å². The molecule has 5 aliphatic rings. The van der Waals surface area contributed by atoms with Crippen LogP contribution in [0, 0.1) is 5.82 Å². The summed E-state index contributed by atoms with van der Waals surface area (Å²) in [5.41, 5.74) is 6.11. The van der Waals surface area contributed by atoms with E-state index in [1.54, 1.807) is 109 Å². The molecule has 3 saturated heterocycles. The van der Waals surface area contributed by atoms with Gasteiger partial charge in [0.05, 0.1) is 94.0 Å². The van der Waals surface area contributed by atoms with Gasteiger partial charge in [0.15, 0.2) is 11.5 Å². The maximum Gasteiger partial charge on any atom is 0.334 e. The number of piperidine rings is 1. The van der Waals surface area contributed by atoms with Crippen LogP contribution in [0.2, 0.25) is 0 Å². The summed E-state index contributed by atoms with van der Waals surface area (Å²) in [5.74, 6) is 2.70. The number of hydrogen-bond acceptors (Lipinski definition) is 15. The minimum Gasteiger partial charge on any atom is -0.494 e. The third-order valence-corrected chi connectivity index (χ3v) is 21.2. The van der Waals surface area contributed by atoms with E-state index >= 15 is 0 Å². The summed E-state index contributed by atoms with van der Waals surface area (Å²) in [5, 5.41) is 0. The van der Waals surface area contributed by atoms with Crippen LogP contribution in [0.5, 0.6) is 40.2 Å². The van der Waals surface area contributed by atoms with Gasteiger partial charge in [-0.25, -0.2) is 14.4 Å². The fraction of sp³-hybridized carbons (Fsp3) is 0.276. The zero-order valence-electron chi connectivity index (χ0n) is 62.6. The normalized spacial score (nSPS) is 17.0. The Bertz CT molecular complexity index is 5630. The van der Waals surface area contributed by atoms with Crippen molar-refractivity contribution in [3.8, 4) is 57.3 Å². The van der Waals surface area contributed by atoms with Crippen LogP contribution in [0.25, 0.3) is 50.2 Å². The van der Waals surface area contributed by atoms with Gasteiger partial charge in [-0.2, -0.15) is 4.39 Å². The van der Waals surface area contributed by atoms with Crippen molar-refractivity contribution < 1.29 is 37.7 Å². The van der Waals surface area contributed by atoms with Crippen LogP contribution >= 0.6 is 0 Å². The molecule has 0 spiro atoms. The van der Waals surface area contributed by atoms with Gasteiger partial charge < -0.3 is 33.6 Å². The number of carbonyl (C=O) groups excluding carboxylic acids is 3. The van der Waals surface area contributed by atoms with Crippen molar-refractivity contribution in [3.05, 3.63) is 281 Å². The van der Waals surface area contributed by atoms with Crippen molar-refractivity contribution in [2.75, 3.05) is 73.6 Å². The van der Waals surface area contributed by atoms with Crippen LogP contribution in [-0.4, -0.2) is 170 Å². The Hall–Kier alpha value is -12.7. The molecule has 3 aliphatic heterocycles. The van der Waals surface area contributed by atoms with Gasteiger partial charge in [0, 0.05) is 95.2 Å². The van der Waals surface area contributed by atoms with E-state index in [9.17, 15) is 33.2 Å². The number of likely N-dealkylation sites (N-methyl/N-ethyl adjacent to an activating group) is 2. The van der Waals surface area contributed by atoms with Gasteiger partial charge in [0.1, 0.15) is 28.7 Å². The zero-order chi connectivity index (χ0) is 77.4. The number of pyridine rings is 3. The molecule has 572 valence electrons. The summed E-state index contributed by atoms with van der Waals surface area (Å²) in [6.07, 6.45) is 26.8. The lowest BCUT2D eigenvalue weighted by atomic mass is 10.1. The largest absolute Gasteiger partial charge is 0.494 e. The molecule has 6 aromatic heterocycles. The number of fused-ring (bicyclic) bond motifs is 3. The quantitative estimate of drug-likeness (QED) is 0.0575. The highest BCUT2D eigenvalue weighted by Crippen LogP contribution is 2.35. The highest BCUT2D eigenvalue weighted by molar-refractivity contribution is 5.89. The maximum absolute atomic E-state index is 14.4. The number of carbonyl (C=O) groups is 3. The summed E-state index contributed by atoms with van der Waals surface area (Å²) in [7, 11) is 5.59. The molecular weight excluding hydrogens is 1420 g/mol. The Labute approximate surface area is 645 Å². The summed E-state index contributed by atoms with van der Waals surface area (Å²) in [6.45, 7) is 8.46. The fourth-order valence-electron chi connectivity index (χ4n) is 15.1. The average molecular weight is 1510 g/mol. The van der Waals surface area contributed by atoms with Gasteiger partial charge in [-0.05, 0) is 199 Å². The van der Waals surface area contributed by atoms with Crippen LogP contribution in [0.4, 0.5) is 4.39 Å². The van der Waals surface area contributed by atoms with E-state index in [0.29, 0.717) is 86.2 Å². The Balaban J connectivity index is 0.000000133. The molecule has 3 atom stereocenters. The Morgan fingerprint density at radius 3 is 1.20 bits per heavy atom. The molecule has 24 nitrogen and oxygen atoms in total. The van der Waals surface area contributed by atoms with E-state index in [1.165, 1.54) is 51.0 Å². The third-order valence-electron chi connectivity index (χ3n) is 21.2. The van der Waals surface area contributed by atoms with Gasteiger partial charge in [-0.3, -0.25) is 66.5 Å². The first-order valence-corrected chi connectivity index (χ1v) is 37.9. The van der Waals surface area contributed by atoms with Crippen molar-refractivity contribution in [2.24, 2.45) is 0 Å².